The molecule has 0 saturated carbocycles. The smallest absolute Gasteiger partial charge is 0.227 e. The van der Waals surface area contributed by atoms with Gasteiger partial charge in [0.15, 0.2) is 0 Å². The van der Waals surface area contributed by atoms with Gasteiger partial charge in [-0.05, 0) is 43.9 Å². The van der Waals surface area contributed by atoms with Gasteiger partial charge in [-0.1, -0.05) is 0 Å². The van der Waals surface area contributed by atoms with Gasteiger partial charge in [0, 0.05) is 36.0 Å². The first-order chi connectivity index (χ1) is 9.61. The zero-order chi connectivity index (χ0) is 14.5. The predicted octanol–water partition coefficient (Wildman–Crippen LogP) is 2.89. The summed E-state index contributed by atoms with van der Waals surface area (Å²) in [5, 5.41) is 2.86. The summed E-state index contributed by atoms with van der Waals surface area (Å²) in [6.45, 7) is 2.06. The molecule has 1 N–H and O–H groups in total. The Bertz CT molecular complexity index is 487. The highest BCUT2D eigenvalue weighted by Gasteiger charge is 2.28. The second kappa shape index (κ2) is 6.79. The Kier molecular flexibility index (Phi) is 5.06. The Morgan fingerprint density at radius 1 is 1.40 bits per heavy atom. The van der Waals surface area contributed by atoms with Gasteiger partial charge in [-0.3, -0.25) is 9.59 Å². The van der Waals surface area contributed by atoms with Crippen LogP contribution in [-0.4, -0.2) is 29.9 Å². The molecule has 0 radical (unpaired) electrons. The number of nitrogens with zero attached hydrogens (tertiary/aromatic N) is 1. The number of hydrogen-bond acceptors (Lipinski definition) is 3. The number of benzene rings is 1. The highest BCUT2D eigenvalue weighted by Crippen LogP contribution is 2.27. The van der Waals surface area contributed by atoms with Crippen molar-refractivity contribution < 1.29 is 9.59 Å². The van der Waals surface area contributed by atoms with E-state index in [0.29, 0.717) is 12.8 Å². The molecule has 108 valence electrons. The number of thioether (sulfide) groups is 1. The van der Waals surface area contributed by atoms with Crippen molar-refractivity contribution in [2.75, 3.05) is 22.2 Å². The fraction of sp³-hybridized carbons (Fsp3) is 0.467. The summed E-state index contributed by atoms with van der Waals surface area (Å²) in [5.74, 6) is 1.02. The van der Waals surface area contributed by atoms with Crippen molar-refractivity contribution in [3.8, 4) is 0 Å². The van der Waals surface area contributed by atoms with Gasteiger partial charge >= 0.3 is 0 Å². The van der Waals surface area contributed by atoms with Gasteiger partial charge in [0.2, 0.25) is 11.8 Å². The molecule has 20 heavy (non-hydrogen) atoms. The maximum atomic E-state index is 11.8. The van der Waals surface area contributed by atoms with E-state index in [9.17, 15) is 9.59 Å². The second-order valence-electron chi connectivity index (χ2n) is 4.99. The van der Waals surface area contributed by atoms with Crippen LogP contribution in [0.25, 0.3) is 0 Å². The molecular formula is C15H20N2O2S. The number of hydrogen-bond donors (Lipinski definition) is 1. The van der Waals surface area contributed by atoms with E-state index in [1.54, 1.807) is 11.8 Å². The Morgan fingerprint density at radius 3 is 2.65 bits per heavy atom. The van der Waals surface area contributed by atoms with Crippen LogP contribution in [0.2, 0.25) is 0 Å². The number of rotatable bonds is 5. The third kappa shape index (κ3) is 3.54. The molecule has 1 unspecified atom stereocenters. The Balaban J connectivity index is 1.99. The van der Waals surface area contributed by atoms with Gasteiger partial charge in [0.25, 0.3) is 0 Å². The number of carbonyl (C=O) groups excluding carboxylic acids is 2. The quantitative estimate of drug-likeness (QED) is 0.908. The van der Waals surface area contributed by atoms with Crippen molar-refractivity contribution in [2.45, 2.75) is 32.2 Å². The number of amides is 2. The minimum absolute atomic E-state index is 0.0257. The van der Waals surface area contributed by atoms with E-state index >= 15 is 0 Å². The Labute approximate surface area is 123 Å². The molecule has 1 saturated heterocycles. The lowest BCUT2D eigenvalue weighted by Crippen LogP contribution is -2.30. The topological polar surface area (TPSA) is 49.4 Å². The number of nitrogens with one attached hydrogen (secondary N) is 1. The van der Waals surface area contributed by atoms with E-state index in [4.69, 9.17) is 0 Å². The van der Waals surface area contributed by atoms with E-state index in [1.165, 1.54) is 0 Å². The Hall–Kier alpha value is -1.49. The molecule has 0 spiro atoms. The van der Waals surface area contributed by atoms with Crippen LogP contribution in [0, 0.1) is 0 Å². The maximum absolute atomic E-state index is 11.8. The largest absolute Gasteiger partial charge is 0.326 e. The van der Waals surface area contributed by atoms with Crippen LogP contribution in [0.3, 0.4) is 0 Å². The predicted molar refractivity (Wildman–Crippen MR) is 84.3 cm³/mol. The van der Waals surface area contributed by atoms with Gasteiger partial charge in [-0.2, -0.15) is 11.8 Å². The van der Waals surface area contributed by atoms with E-state index < -0.39 is 0 Å². The molecule has 1 aromatic rings. The highest BCUT2D eigenvalue weighted by atomic mass is 32.2. The van der Waals surface area contributed by atoms with Crippen LogP contribution in [0.4, 0.5) is 11.4 Å². The molecule has 1 aliphatic rings. The number of carbonyl (C=O) groups is 2. The monoisotopic (exact) mass is 292 g/mol. The van der Waals surface area contributed by atoms with Crippen LogP contribution < -0.4 is 10.2 Å². The molecule has 0 aliphatic carbocycles. The first-order valence-electron chi connectivity index (χ1n) is 6.82. The fourth-order valence-corrected chi connectivity index (χ4v) is 2.74. The lowest BCUT2D eigenvalue weighted by molar-refractivity contribution is -0.117. The summed E-state index contributed by atoms with van der Waals surface area (Å²) in [6, 6.07) is 7.74. The summed E-state index contributed by atoms with van der Waals surface area (Å²) >= 11 is 1.66. The van der Waals surface area contributed by atoms with Crippen LogP contribution in [0.15, 0.2) is 24.3 Å². The van der Waals surface area contributed by atoms with Gasteiger partial charge in [-0.25, -0.2) is 0 Å². The highest BCUT2D eigenvalue weighted by molar-refractivity contribution is 7.98. The molecule has 0 aromatic heterocycles. The molecule has 4 nitrogen and oxygen atoms in total. The average molecular weight is 292 g/mol. The minimum atomic E-state index is 0.0257. The van der Waals surface area contributed by atoms with Crippen LogP contribution in [0.5, 0.6) is 0 Å². The molecule has 1 fully saturated rings. The van der Waals surface area contributed by atoms with Gasteiger partial charge in [0.05, 0.1) is 0 Å². The van der Waals surface area contributed by atoms with Crippen molar-refractivity contribution in [1.82, 2.24) is 0 Å². The van der Waals surface area contributed by atoms with E-state index in [1.807, 2.05) is 35.4 Å². The normalized spacial score (nSPS) is 18.4. The third-order valence-corrected chi connectivity index (χ3v) is 4.06. The third-order valence-electron chi connectivity index (χ3n) is 3.45. The zero-order valence-corrected chi connectivity index (χ0v) is 12.7. The fourth-order valence-electron chi connectivity index (χ4n) is 2.35. The van der Waals surface area contributed by atoms with Gasteiger partial charge in [-0.15, -0.1) is 0 Å². The summed E-state index contributed by atoms with van der Waals surface area (Å²) < 4.78 is 0. The molecule has 1 atom stereocenters. The zero-order valence-electron chi connectivity index (χ0n) is 11.9. The van der Waals surface area contributed by atoms with Crippen molar-refractivity contribution >= 4 is 35.0 Å². The first-order valence-corrected chi connectivity index (χ1v) is 8.22. The number of anilines is 2. The summed E-state index contributed by atoms with van der Waals surface area (Å²) in [6.07, 6.45) is 4.03. The van der Waals surface area contributed by atoms with Crippen molar-refractivity contribution in [3.63, 3.8) is 0 Å². The standard InChI is InChI=1S/C15H20N2O2S/c1-11-3-8-15(19)17(11)13-6-4-12(5-7-13)16-14(18)9-10-20-2/h4-7,11H,3,8-10H2,1-2H3,(H,16,18). The SMILES string of the molecule is CSCCC(=O)Nc1ccc(N2C(=O)CCC2C)cc1. The Morgan fingerprint density at radius 2 is 2.10 bits per heavy atom. The second-order valence-corrected chi connectivity index (χ2v) is 5.97. The lowest BCUT2D eigenvalue weighted by Gasteiger charge is -2.21. The summed E-state index contributed by atoms with van der Waals surface area (Å²) in [4.78, 5) is 25.3. The van der Waals surface area contributed by atoms with Crippen LogP contribution >= 0.6 is 11.8 Å². The molecular weight excluding hydrogens is 272 g/mol. The molecule has 0 bridgehead atoms. The van der Waals surface area contributed by atoms with E-state index in [2.05, 4.69) is 12.2 Å². The molecule has 1 aromatic carbocycles. The van der Waals surface area contributed by atoms with E-state index in [0.717, 1.165) is 23.5 Å². The molecule has 1 aliphatic heterocycles. The maximum Gasteiger partial charge on any atom is 0.227 e. The van der Waals surface area contributed by atoms with Crippen LogP contribution in [-0.2, 0) is 9.59 Å². The van der Waals surface area contributed by atoms with Gasteiger partial charge in [0.1, 0.15) is 0 Å². The summed E-state index contributed by atoms with van der Waals surface area (Å²) in [5.41, 5.74) is 1.68. The lowest BCUT2D eigenvalue weighted by atomic mass is 10.2. The minimum Gasteiger partial charge on any atom is -0.326 e. The van der Waals surface area contributed by atoms with Crippen molar-refractivity contribution in [3.05, 3.63) is 24.3 Å². The van der Waals surface area contributed by atoms with Crippen molar-refractivity contribution in [2.24, 2.45) is 0 Å². The molecule has 5 heteroatoms. The van der Waals surface area contributed by atoms with Crippen LogP contribution in [0.1, 0.15) is 26.2 Å². The summed E-state index contributed by atoms with van der Waals surface area (Å²) in [7, 11) is 0. The van der Waals surface area contributed by atoms with Gasteiger partial charge < -0.3 is 10.2 Å². The average Bonchev–Trinajstić information content (AvgIpc) is 2.77. The van der Waals surface area contributed by atoms with Crippen molar-refractivity contribution in [1.29, 1.82) is 0 Å². The first kappa shape index (κ1) is 14.9. The molecule has 2 amide bonds. The van der Waals surface area contributed by atoms with E-state index in [-0.39, 0.29) is 17.9 Å². The molecule has 1 heterocycles. The molecule has 2 rings (SSSR count).